The second-order valence-corrected chi connectivity index (χ2v) is 17.7. The van der Waals surface area contributed by atoms with Gasteiger partial charge >= 0.3 is 12.2 Å². The standard InChI is InChI=1S/C49H54N8O8/c1-26(2)41(54-48(60)63-5)46(58)56-22-27(3)16-38(56)44-50-21-37(52-44)31-12-14-33-32(18-31)25-65-40-20-34-30(19-35(33)40)13-15-36-43(34)53-45(51-36)39-17-28(24-62-4)23-57(39)47(59)42(55-49(61)64-6)29-10-8-7-9-11-29/h7-15,18-21,26-28,38-39,41-42H,16-17,22-25H2,1-6H3,(H,50,52)(H,51,53)(H,54,60)(H,55,61). The lowest BCUT2D eigenvalue weighted by atomic mass is 9.92. The number of alkyl carbamates (subject to hydrolysis) is 2. The number of benzene rings is 4. The molecule has 16 nitrogen and oxygen atoms in total. The number of methoxy groups -OCH3 is 3. The maximum Gasteiger partial charge on any atom is 0.407 e. The first-order valence-corrected chi connectivity index (χ1v) is 22.1. The first kappa shape index (κ1) is 43.3. The van der Waals surface area contributed by atoms with Crippen LogP contribution in [0.15, 0.2) is 79.0 Å². The van der Waals surface area contributed by atoms with Crippen molar-refractivity contribution in [3.05, 3.63) is 102 Å². The Labute approximate surface area is 376 Å². The number of fused-ring (bicyclic) bond motifs is 6. The van der Waals surface area contributed by atoms with Crippen LogP contribution in [-0.2, 0) is 30.4 Å². The van der Waals surface area contributed by atoms with Gasteiger partial charge in [-0.25, -0.2) is 19.6 Å². The molecule has 0 spiro atoms. The molecule has 6 aromatic rings. The second kappa shape index (κ2) is 17.9. The third-order valence-corrected chi connectivity index (χ3v) is 13.0. The summed E-state index contributed by atoms with van der Waals surface area (Å²) in [5.74, 6) is 1.86. The van der Waals surface area contributed by atoms with Gasteiger partial charge in [-0.05, 0) is 76.6 Å². The Kier molecular flexibility index (Phi) is 11.9. The van der Waals surface area contributed by atoms with Crippen molar-refractivity contribution in [2.24, 2.45) is 17.8 Å². The van der Waals surface area contributed by atoms with Crippen molar-refractivity contribution < 1.29 is 38.1 Å². The summed E-state index contributed by atoms with van der Waals surface area (Å²) in [6.07, 6.45) is 1.85. The van der Waals surface area contributed by atoms with E-state index >= 15 is 0 Å². The van der Waals surface area contributed by atoms with Crippen molar-refractivity contribution in [3.8, 4) is 28.1 Å². The fraction of sp³-hybridized carbons (Fsp3) is 0.388. The summed E-state index contributed by atoms with van der Waals surface area (Å²) in [5, 5.41) is 7.38. The highest BCUT2D eigenvalue weighted by Crippen LogP contribution is 2.44. The molecule has 2 saturated heterocycles. The molecule has 4 amide bonds. The van der Waals surface area contributed by atoms with E-state index in [2.05, 4.69) is 57.9 Å². The molecule has 338 valence electrons. The third kappa shape index (κ3) is 8.34. The molecule has 16 heteroatoms. The van der Waals surface area contributed by atoms with Crippen LogP contribution in [0.3, 0.4) is 0 Å². The molecular formula is C49H54N8O8. The van der Waals surface area contributed by atoms with Gasteiger partial charge < -0.3 is 49.3 Å². The Balaban J connectivity index is 0.981. The summed E-state index contributed by atoms with van der Waals surface area (Å²) in [7, 11) is 4.22. The van der Waals surface area contributed by atoms with Gasteiger partial charge in [0, 0.05) is 37.1 Å². The summed E-state index contributed by atoms with van der Waals surface area (Å²) < 4.78 is 21.7. The zero-order chi connectivity index (χ0) is 45.5. The number of amides is 4. The highest BCUT2D eigenvalue weighted by Gasteiger charge is 2.42. The maximum absolute atomic E-state index is 14.4. The number of ether oxygens (including phenoxy) is 4. The quantitative estimate of drug-likeness (QED) is 0.101. The summed E-state index contributed by atoms with van der Waals surface area (Å²) in [6.45, 7) is 7.74. The molecule has 0 saturated carbocycles. The molecule has 0 radical (unpaired) electrons. The van der Waals surface area contributed by atoms with Crippen LogP contribution in [0, 0.1) is 17.8 Å². The van der Waals surface area contributed by atoms with Gasteiger partial charge in [-0.3, -0.25) is 9.59 Å². The lowest BCUT2D eigenvalue weighted by Gasteiger charge is -2.30. The lowest BCUT2D eigenvalue weighted by molar-refractivity contribution is -0.136. The molecule has 2 aromatic heterocycles. The number of hydrogen-bond donors (Lipinski definition) is 4. The Morgan fingerprint density at radius 2 is 1.58 bits per heavy atom. The number of carbonyl (C=O) groups is 4. The van der Waals surface area contributed by atoms with E-state index in [0.717, 1.165) is 61.9 Å². The summed E-state index contributed by atoms with van der Waals surface area (Å²) >= 11 is 0. The molecule has 0 aliphatic carbocycles. The topological polar surface area (TPSA) is 193 Å². The van der Waals surface area contributed by atoms with Crippen LogP contribution in [0.2, 0.25) is 0 Å². The molecule has 2 fully saturated rings. The number of imidazole rings is 2. The van der Waals surface area contributed by atoms with E-state index < -0.39 is 30.3 Å². The van der Waals surface area contributed by atoms with Crippen molar-refractivity contribution in [2.45, 2.75) is 64.4 Å². The van der Waals surface area contributed by atoms with Gasteiger partial charge in [0.05, 0.1) is 55.8 Å². The second-order valence-electron chi connectivity index (χ2n) is 17.7. The summed E-state index contributed by atoms with van der Waals surface area (Å²) in [4.78, 5) is 73.4. The zero-order valence-electron chi connectivity index (χ0n) is 37.3. The average Bonchev–Trinajstić information content (AvgIpc) is 4.15. The van der Waals surface area contributed by atoms with E-state index in [1.165, 1.54) is 14.2 Å². The molecule has 3 aliphatic heterocycles. The van der Waals surface area contributed by atoms with Gasteiger partial charge in [0.15, 0.2) is 0 Å². The van der Waals surface area contributed by atoms with Crippen molar-refractivity contribution >= 4 is 45.8 Å². The van der Waals surface area contributed by atoms with Gasteiger partial charge in [0.2, 0.25) is 5.91 Å². The Hall–Kier alpha value is -6.94. The smallest absolute Gasteiger partial charge is 0.407 e. The number of nitrogens with one attached hydrogen (secondary N) is 4. The van der Waals surface area contributed by atoms with Crippen LogP contribution >= 0.6 is 0 Å². The fourth-order valence-electron chi connectivity index (χ4n) is 9.77. The van der Waals surface area contributed by atoms with E-state index in [-0.39, 0.29) is 35.6 Å². The molecule has 6 unspecified atom stereocenters. The normalized spacial score (nSPS) is 20.0. The van der Waals surface area contributed by atoms with Crippen molar-refractivity contribution in [1.82, 2.24) is 40.4 Å². The number of nitrogens with zero attached hydrogens (tertiary/aromatic N) is 4. The number of carbonyl (C=O) groups excluding carboxylic acids is 4. The van der Waals surface area contributed by atoms with E-state index in [9.17, 15) is 19.2 Å². The van der Waals surface area contributed by atoms with Gasteiger partial charge in [-0.15, -0.1) is 0 Å². The highest BCUT2D eigenvalue weighted by atomic mass is 16.5. The summed E-state index contributed by atoms with van der Waals surface area (Å²) in [6, 6.07) is 21.4. The number of hydrogen-bond acceptors (Lipinski definition) is 10. The molecule has 6 atom stereocenters. The van der Waals surface area contributed by atoms with Gasteiger partial charge in [-0.1, -0.05) is 69.3 Å². The summed E-state index contributed by atoms with van der Waals surface area (Å²) in [5.41, 5.74) is 7.09. The number of rotatable bonds is 11. The third-order valence-electron chi connectivity index (χ3n) is 13.0. The Morgan fingerprint density at radius 3 is 2.34 bits per heavy atom. The average molecular weight is 883 g/mol. The SMILES string of the molecule is COCC1CC(c2nc3c(ccc4cc5c(cc43)OCc3cc(-c4cnc(C6CC(C)CN6C(=O)C(NC(=O)OC)C(C)C)[nH]4)ccc3-5)[nH]2)N(C(=O)C(NC(=O)OC)c2ccccc2)C1. The zero-order valence-corrected chi connectivity index (χ0v) is 37.3. The number of aromatic nitrogens is 4. The van der Waals surface area contributed by atoms with E-state index in [0.29, 0.717) is 49.9 Å². The molecule has 4 N–H and O–H groups in total. The van der Waals surface area contributed by atoms with Crippen LogP contribution in [0.1, 0.15) is 74.5 Å². The van der Waals surface area contributed by atoms with Crippen LogP contribution < -0.4 is 15.4 Å². The van der Waals surface area contributed by atoms with Crippen LogP contribution in [-0.4, -0.2) is 101 Å². The molecule has 0 bridgehead atoms. The number of H-pyrrole nitrogens is 2. The van der Waals surface area contributed by atoms with Gasteiger partial charge in [0.1, 0.15) is 36.1 Å². The van der Waals surface area contributed by atoms with Gasteiger partial charge in [0.25, 0.3) is 5.91 Å². The minimum absolute atomic E-state index is 0.0581. The predicted octanol–water partition coefficient (Wildman–Crippen LogP) is 7.59. The van der Waals surface area contributed by atoms with Crippen molar-refractivity contribution in [2.75, 3.05) is 41.0 Å². The van der Waals surface area contributed by atoms with Crippen molar-refractivity contribution in [1.29, 1.82) is 0 Å². The number of aromatic amines is 2. The molecular weight excluding hydrogens is 829 g/mol. The van der Waals surface area contributed by atoms with Crippen molar-refractivity contribution in [3.63, 3.8) is 0 Å². The minimum Gasteiger partial charge on any atom is -0.488 e. The first-order valence-electron chi connectivity index (χ1n) is 22.1. The van der Waals surface area contributed by atoms with E-state index in [1.807, 2.05) is 67.4 Å². The highest BCUT2D eigenvalue weighted by molar-refractivity contribution is 6.07. The predicted molar refractivity (Wildman–Crippen MR) is 243 cm³/mol. The molecule has 4 aromatic carbocycles. The molecule has 5 heterocycles. The van der Waals surface area contributed by atoms with Gasteiger partial charge in [-0.2, -0.15) is 0 Å². The molecule has 3 aliphatic rings. The molecule has 9 rings (SSSR count). The first-order chi connectivity index (χ1) is 31.4. The van der Waals surface area contributed by atoms with E-state index in [4.69, 9.17) is 28.9 Å². The number of likely N-dealkylation sites (tertiary alicyclic amines) is 2. The monoisotopic (exact) mass is 882 g/mol. The fourth-order valence-corrected chi connectivity index (χ4v) is 9.77. The van der Waals surface area contributed by atoms with Crippen LogP contribution in [0.25, 0.3) is 44.2 Å². The van der Waals surface area contributed by atoms with E-state index in [1.54, 1.807) is 12.0 Å². The minimum atomic E-state index is -0.955. The lowest BCUT2D eigenvalue weighted by Crippen LogP contribution is -2.51. The Bertz CT molecular complexity index is 2770. The molecule has 65 heavy (non-hydrogen) atoms. The van der Waals surface area contributed by atoms with Crippen LogP contribution in [0.4, 0.5) is 9.59 Å². The Morgan fingerprint density at radius 1 is 0.831 bits per heavy atom. The maximum atomic E-state index is 14.4. The van der Waals surface area contributed by atoms with Crippen LogP contribution in [0.5, 0.6) is 5.75 Å². The largest absolute Gasteiger partial charge is 0.488 e.